The molecule has 0 saturated carbocycles. The quantitative estimate of drug-likeness (QED) is 0.243. The van der Waals surface area contributed by atoms with E-state index in [4.69, 9.17) is 4.43 Å². The number of hydrogen-bond donors (Lipinski definition) is 1. The molecule has 1 atom stereocenters. The zero-order valence-corrected chi connectivity index (χ0v) is 21.8. The SMILES string of the molecule is CCCCCCC(CCCO[Si](C)(C)C(C)(C)C)N(CCN1CCCCC1)C(=O)O. The smallest absolute Gasteiger partial charge is 0.407 e. The molecule has 1 unspecified atom stereocenters. The van der Waals surface area contributed by atoms with E-state index in [1.807, 2.05) is 0 Å². The van der Waals surface area contributed by atoms with Gasteiger partial charge in [-0.1, -0.05) is 59.8 Å². The second kappa shape index (κ2) is 13.7. The highest BCUT2D eigenvalue weighted by Gasteiger charge is 2.37. The zero-order chi connectivity index (χ0) is 22.6. The van der Waals surface area contributed by atoms with E-state index in [0.29, 0.717) is 6.54 Å². The molecule has 178 valence electrons. The summed E-state index contributed by atoms with van der Waals surface area (Å²) in [6.45, 7) is 18.1. The van der Waals surface area contributed by atoms with Crippen LogP contribution in [0.5, 0.6) is 0 Å². The highest BCUT2D eigenvalue weighted by molar-refractivity contribution is 6.74. The second-order valence-corrected chi connectivity index (χ2v) is 15.4. The van der Waals surface area contributed by atoms with Crippen molar-refractivity contribution < 1.29 is 14.3 Å². The first-order valence-electron chi connectivity index (χ1n) is 12.4. The lowest BCUT2D eigenvalue weighted by Gasteiger charge is -2.37. The summed E-state index contributed by atoms with van der Waals surface area (Å²) < 4.78 is 6.35. The Bertz CT molecular complexity index is 474. The molecular weight excluding hydrogens is 392 g/mol. The van der Waals surface area contributed by atoms with Crippen molar-refractivity contribution in [2.75, 3.05) is 32.8 Å². The Hall–Kier alpha value is -0.593. The molecule has 30 heavy (non-hydrogen) atoms. The lowest BCUT2D eigenvalue weighted by molar-refractivity contribution is 0.102. The summed E-state index contributed by atoms with van der Waals surface area (Å²) >= 11 is 0. The van der Waals surface area contributed by atoms with Crippen LogP contribution in [0.2, 0.25) is 18.1 Å². The number of rotatable bonds is 14. The predicted molar refractivity (Wildman–Crippen MR) is 130 cm³/mol. The second-order valence-electron chi connectivity index (χ2n) is 10.6. The van der Waals surface area contributed by atoms with Crippen molar-refractivity contribution in [2.24, 2.45) is 0 Å². The van der Waals surface area contributed by atoms with E-state index < -0.39 is 14.4 Å². The van der Waals surface area contributed by atoms with Crippen LogP contribution in [-0.4, -0.2) is 68.1 Å². The van der Waals surface area contributed by atoms with Gasteiger partial charge in [-0.05, 0) is 63.3 Å². The third-order valence-corrected chi connectivity index (χ3v) is 11.7. The van der Waals surface area contributed by atoms with Crippen LogP contribution in [0, 0.1) is 0 Å². The largest absolute Gasteiger partial charge is 0.465 e. The Labute approximate surface area is 187 Å². The first-order valence-corrected chi connectivity index (χ1v) is 15.3. The summed E-state index contributed by atoms with van der Waals surface area (Å²) in [4.78, 5) is 16.3. The molecule has 5 nitrogen and oxygen atoms in total. The summed E-state index contributed by atoms with van der Waals surface area (Å²) in [5.41, 5.74) is 0. The number of carboxylic acid groups (broad SMARTS) is 1. The van der Waals surface area contributed by atoms with Crippen LogP contribution in [0.15, 0.2) is 0 Å². The van der Waals surface area contributed by atoms with E-state index in [1.165, 1.54) is 38.5 Å². The summed E-state index contributed by atoms with van der Waals surface area (Å²) in [5, 5.41) is 10.2. The first kappa shape index (κ1) is 27.4. The van der Waals surface area contributed by atoms with Gasteiger partial charge in [-0.2, -0.15) is 0 Å². The molecule has 1 N–H and O–H groups in total. The number of nitrogens with zero attached hydrogens (tertiary/aromatic N) is 2. The van der Waals surface area contributed by atoms with Crippen molar-refractivity contribution in [3.63, 3.8) is 0 Å². The van der Waals surface area contributed by atoms with E-state index in [1.54, 1.807) is 4.90 Å². The first-order chi connectivity index (χ1) is 14.1. The molecule has 1 saturated heterocycles. The maximum Gasteiger partial charge on any atom is 0.407 e. The van der Waals surface area contributed by atoms with E-state index in [2.05, 4.69) is 45.7 Å². The lowest BCUT2D eigenvalue weighted by Crippen LogP contribution is -2.45. The van der Waals surface area contributed by atoms with Crippen molar-refractivity contribution in [1.82, 2.24) is 9.80 Å². The van der Waals surface area contributed by atoms with Gasteiger partial charge < -0.3 is 19.3 Å². The monoisotopic (exact) mass is 442 g/mol. The molecule has 0 radical (unpaired) electrons. The van der Waals surface area contributed by atoms with E-state index in [9.17, 15) is 9.90 Å². The molecule has 0 aliphatic carbocycles. The molecule has 1 amide bonds. The van der Waals surface area contributed by atoms with Gasteiger partial charge in [0.05, 0.1) is 0 Å². The maximum atomic E-state index is 12.1. The van der Waals surface area contributed by atoms with Gasteiger partial charge in [-0.3, -0.25) is 0 Å². The standard InChI is InChI=1S/C24H50N2O3Si/c1-7-8-9-11-15-22(16-14-21-29-30(5,6)24(2,3)4)26(23(27)28)20-19-25-17-12-10-13-18-25/h22H,7-21H2,1-6H3,(H,27,28). The van der Waals surface area contributed by atoms with Crippen molar-refractivity contribution in [3.8, 4) is 0 Å². The number of carbonyl (C=O) groups is 1. The minimum atomic E-state index is -1.74. The third kappa shape index (κ3) is 10.1. The molecule has 6 heteroatoms. The topological polar surface area (TPSA) is 53.0 Å². The van der Waals surface area contributed by atoms with Crippen LogP contribution in [-0.2, 0) is 4.43 Å². The van der Waals surface area contributed by atoms with Crippen molar-refractivity contribution in [2.45, 2.75) is 116 Å². The van der Waals surface area contributed by atoms with Crippen molar-refractivity contribution in [1.29, 1.82) is 0 Å². The van der Waals surface area contributed by atoms with E-state index >= 15 is 0 Å². The van der Waals surface area contributed by atoms with Crippen LogP contribution >= 0.6 is 0 Å². The van der Waals surface area contributed by atoms with Crippen LogP contribution in [0.3, 0.4) is 0 Å². The highest BCUT2D eigenvalue weighted by atomic mass is 28.4. The summed E-state index contributed by atoms with van der Waals surface area (Å²) in [7, 11) is -1.74. The van der Waals surface area contributed by atoms with Gasteiger partial charge in [0, 0.05) is 25.7 Å². The van der Waals surface area contributed by atoms with E-state index in [0.717, 1.165) is 51.9 Å². The molecule has 1 rings (SSSR count). The molecule has 0 aromatic heterocycles. The van der Waals surface area contributed by atoms with Gasteiger partial charge in [0.2, 0.25) is 0 Å². The molecule has 1 aliphatic rings. The molecule has 1 heterocycles. The summed E-state index contributed by atoms with van der Waals surface area (Å²) in [6.07, 6.45) is 10.7. The average molecular weight is 443 g/mol. The highest BCUT2D eigenvalue weighted by Crippen LogP contribution is 2.36. The Balaban J connectivity index is 2.61. The van der Waals surface area contributed by atoms with Gasteiger partial charge in [-0.15, -0.1) is 0 Å². The van der Waals surface area contributed by atoms with Gasteiger partial charge in [0.1, 0.15) is 0 Å². The van der Waals surface area contributed by atoms with Gasteiger partial charge in [-0.25, -0.2) is 4.79 Å². The average Bonchev–Trinajstić information content (AvgIpc) is 2.67. The maximum absolute atomic E-state index is 12.1. The molecule has 0 spiro atoms. The zero-order valence-electron chi connectivity index (χ0n) is 20.8. The number of amides is 1. The Morgan fingerprint density at radius 1 is 1.07 bits per heavy atom. The fourth-order valence-corrected chi connectivity index (χ4v) is 5.08. The van der Waals surface area contributed by atoms with Gasteiger partial charge >= 0.3 is 6.09 Å². The number of likely N-dealkylation sites (tertiary alicyclic amines) is 1. The Kier molecular flexibility index (Phi) is 12.6. The van der Waals surface area contributed by atoms with Crippen LogP contribution < -0.4 is 0 Å². The Morgan fingerprint density at radius 2 is 1.70 bits per heavy atom. The number of unbranched alkanes of at least 4 members (excludes halogenated alkanes) is 3. The van der Waals surface area contributed by atoms with E-state index in [-0.39, 0.29) is 11.1 Å². The fraction of sp³-hybridized carbons (Fsp3) is 0.958. The predicted octanol–water partition coefficient (Wildman–Crippen LogP) is 6.59. The van der Waals surface area contributed by atoms with Crippen molar-refractivity contribution >= 4 is 14.4 Å². The number of piperidine rings is 1. The van der Waals surface area contributed by atoms with Gasteiger partial charge in [0.25, 0.3) is 0 Å². The van der Waals surface area contributed by atoms with Crippen LogP contribution in [0.1, 0.15) is 91.9 Å². The molecule has 0 bridgehead atoms. The minimum absolute atomic E-state index is 0.118. The minimum Gasteiger partial charge on any atom is -0.465 e. The Morgan fingerprint density at radius 3 is 2.27 bits per heavy atom. The third-order valence-electron chi connectivity index (χ3n) is 7.13. The van der Waals surface area contributed by atoms with Crippen molar-refractivity contribution in [3.05, 3.63) is 0 Å². The van der Waals surface area contributed by atoms with Crippen LogP contribution in [0.4, 0.5) is 4.79 Å². The molecule has 0 aromatic carbocycles. The fourth-order valence-electron chi connectivity index (χ4n) is 3.99. The molecular formula is C24H50N2O3Si. The van der Waals surface area contributed by atoms with Gasteiger partial charge in [0.15, 0.2) is 8.32 Å². The molecule has 1 fully saturated rings. The normalized spacial score (nSPS) is 17.1. The molecule has 1 aliphatic heterocycles. The summed E-state index contributed by atoms with van der Waals surface area (Å²) in [5.74, 6) is 0. The summed E-state index contributed by atoms with van der Waals surface area (Å²) in [6, 6.07) is 0.118. The molecule has 0 aromatic rings. The number of hydrogen-bond acceptors (Lipinski definition) is 3. The lowest BCUT2D eigenvalue weighted by atomic mass is 10.0. The van der Waals surface area contributed by atoms with Crippen LogP contribution in [0.25, 0.3) is 0 Å².